The average molecular weight is 249 g/mol. The Hall–Kier alpha value is -1.49. The SMILES string of the molecule is CSCCN(C)C(=O)c1n[nH]c2ccccc12. The largest absolute Gasteiger partial charge is 0.339 e. The smallest absolute Gasteiger partial charge is 0.274 e. The van der Waals surface area contributed by atoms with Gasteiger partial charge in [0.05, 0.1) is 5.52 Å². The summed E-state index contributed by atoms with van der Waals surface area (Å²) in [6, 6.07) is 7.66. The predicted molar refractivity (Wildman–Crippen MR) is 71.4 cm³/mol. The first kappa shape index (κ1) is 12.0. The molecule has 1 aromatic heterocycles. The van der Waals surface area contributed by atoms with Crippen molar-refractivity contribution in [1.29, 1.82) is 0 Å². The van der Waals surface area contributed by atoms with E-state index in [1.807, 2.05) is 37.6 Å². The minimum Gasteiger partial charge on any atom is -0.339 e. The number of aromatic nitrogens is 2. The third-order valence-electron chi connectivity index (χ3n) is 2.65. The van der Waals surface area contributed by atoms with Crippen LogP contribution in [0.5, 0.6) is 0 Å². The number of para-hydroxylation sites is 1. The van der Waals surface area contributed by atoms with Gasteiger partial charge in [-0.1, -0.05) is 18.2 Å². The zero-order valence-corrected chi connectivity index (χ0v) is 10.8. The number of nitrogens with zero attached hydrogens (tertiary/aromatic N) is 2. The standard InChI is InChI=1S/C12H15N3OS/c1-15(7-8-17-2)12(16)11-9-5-3-4-6-10(9)13-14-11/h3-6H,7-8H2,1-2H3,(H,13,14). The van der Waals surface area contributed by atoms with Gasteiger partial charge in [-0.25, -0.2) is 0 Å². The van der Waals surface area contributed by atoms with E-state index in [4.69, 9.17) is 0 Å². The van der Waals surface area contributed by atoms with Gasteiger partial charge in [0.2, 0.25) is 0 Å². The van der Waals surface area contributed by atoms with E-state index in [-0.39, 0.29) is 5.91 Å². The molecule has 0 radical (unpaired) electrons. The number of amides is 1. The summed E-state index contributed by atoms with van der Waals surface area (Å²) in [7, 11) is 1.81. The van der Waals surface area contributed by atoms with Crippen molar-refractivity contribution >= 4 is 28.6 Å². The molecule has 0 saturated carbocycles. The Bertz CT molecular complexity index is 523. The third-order valence-corrected chi connectivity index (χ3v) is 3.24. The van der Waals surface area contributed by atoms with Gasteiger partial charge in [0.15, 0.2) is 5.69 Å². The number of carbonyl (C=O) groups excluding carboxylic acids is 1. The highest BCUT2D eigenvalue weighted by Crippen LogP contribution is 2.16. The molecule has 17 heavy (non-hydrogen) atoms. The highest BCUT2D eigenvalue weighted by atomic mass is 32.2. The molecule has 0 aliphatic rings. The summed E-state index contributed by atoms with van der Waals surface area (Å²) in [6.07, 6.45) is 2.03. The van der Waals surface area contributed by atoms with Gasteiger partial charge in [0.1, 0.15) is 0 Å². The van der Waals surface area contributed by atoms with Crippen LogP contribution in [0.4, 0.5) is 0 Å². The van der Waals surface area contributed by atoms with Crippen LogP contribution in [-0.2, 0) is 0 Å². The van der Waals surface area contributed by atoms with Crippen molar-refractivity contribution in [2.45, 2.75) is 0 Å². The lowest BCUT2D eigenvalue weighted by Gasteiger charge is -2.14. The van der Waals surface area contributed by atoms with E-state index in [9.17, 15) is 4.79 Å². The molecular formula is C12H15N3OS. The molecule has 5 heteroatoms. The Morgan fingerprint density at radius 3 is 3.00 bits per heavy atom. The summed E-state index contributed by atoms with van der Waals surface area (Å²) in [4.78, 5) is 13.9. The Kier molecular flexibility index (Phi) is 3.68. The Balaban J connectivity index is 2.24. The Morgan fingerprint density at radius 1 is 1.47 bits per heavy atom. The first-order valence-electron chi connectivity index (χ1n) is 5.41. The van der Waals surface area contributed by atoms with Crippen molar-refractivity contribution < 1.29 is 4.79 Å². The van der Waals surface area contributed by atoms with E-state index in [1.165, 1.54) is 0 Å². The number of thioether (sulfide) groups is 1. The van der Waals surface area contributed by atoms with Crippen LogP contribution in [-0.4, -0.2) is 46.6 Å². The lowest BCUT2D eigenvalue weighted by Crippen LogP contribution is -2.29. The van der Waals surface area contributed by atoms with E-state index in [0.717, 1.165) is 23.2 Å². The van der Waals surface area contributed by atoms with Gasteiger partial charge in [-0.2, -0.15) is 16.9 Å². The number of fused-ring (bicyclic) bond motifs is 1. The number of nitrogens with one attached hydrogen (secondary N) is 1. The minimum atomic E-state index is -0.0310. The summed E-state index contributed by atoms with van der Waals surface area (Å²) >= 11 is 1.73. The first-order valence-corrected chi connectivity index (χ1v) is 6.81. The topological polar surface area (TPSA) is 49.0 Å². The maximum atomic E-state index is 12.2. The van der Waals surface area contributed by atoms with E-state index in [2.05, 4.69) is 10.2 Å². The molecule has 0 spiro atoms. The minimum absolute atomic E-state index is 0.0310. The second kappa shape index (κ2) is 5.23. The molecule has 0 bridgehead atoms. The van der Waals surface area contributed by atoms with Crippen LogP contribution in [0.2, 0.25) is 0 Å². The van der Waals surface area contributed by atoms with Gasteiger partial charge >= 0.3 is 0 Å². The first-order chi connectivity index (χ1) is 8.24. The lowest BCUT2D eigenvalue weighted by molar-refractivity contribution is 0.0800. The molecule has 0 unspecified atom stereocenters. The van der Waals surface area contributed by atoms with Gasteiger partial charge in [0.25, 0.3) is 5.91 Å². The van der Waals surface area contributed by atoms with Crippen molar-refractivity contribution in [3.05, 3.63) is 30.0 Å². The number of rotatable bonds is 4. The molecule has 2 aromatic rings. The van der Waals surface area contributed by atoms with Crippen molar-refractivity contribution in [3.63, 3.8) is 0 Å². The van der Waals surface area contributed by atoms with Gasteiger partial charge in [-0.3, -0.25) is 9.89 Å². The highest BCUT2D eigenvalue weighted by Gasteiger charge is 2.17. The maximum Gasteiger partial charge on any atom is 0.274 e. The fraction of sp³-hybridized carbons (Fsp3) is 0.333. The third kappa shape index (κ3) is 2.44. The number of carbonyl (C=O) groups is 1. The number of hydrogen-bond donors (Lipinski definition) is 1. The van der Waals surface area contributed by atoms with Crippen LogP contribution in [0.1, 0.15) is 10.5 Å². The van der Waals surface area contributed by atoms with Crippen LogP contribution in [0.15, 0.2) is 24.3 Å². The van der Waals surface area contributed by atoms with Gasteiger partial charge < -0.3 is 4.90 Å². The van der Waals surface area contributed by atoms with Crippen LogP contribution in [0.3, 0.4) is 0 Å². The van der Waals surface area contributed by atoms with Gasteiger partial charge in [0, 0.05) is 24.7 Å². The van der Waals surface area contributed by atoms with Crippen molar-refractivity contribution in [2.75, 3.05) is 25.6 Å². The summed E-state index contributed by atoms with van der Waals surface area (Å²) in [5.41, 5.74) is 1.40. The van der Waals surface area contributed by atoms with E-state index >= 15 is 0 Å². The van der Waals surface area contributed by atoms with E-state index in [0.29, 0.717) is 5.69 Å². The van der Waals surface area contributed by atoms with Gasteiger partial charge in [-0.15, -0.1) is 0 Å². The van der Waals surface area contributed by atoms with Crippen molar-refractivity contribution in [1.82, 2.24) is 15.1 Å². The molecule has 1 N–H and O–H groups in total. The number of hydrogen-bond acceptors (Lipinski definition) is 3. The Labute approximate surface area is 104 Å². The molecule has 0 saturated heterocycles. The summed E-state index contributed by atoms with van der Waals surface area (Å²) in [5.74, 6) is 0.904. The molecule has 4 nitrogen and oxygen atoms in total. The molecule has 0 aliphatic heterocycles. The molecule has 90 valence electrons. The zero-order valence-electron chi connectivity index (χ0n) is 9.93. The van der Waals surface area contributed by atoms with Crippen LogP contribution >= 0.6 is 11.8 Å². The van der Waals surface area contributed by atoms with Crippen LogP contribution < -0.4 is 0 Å². The normalized spacial score (nSPS) is 10.7. The molecule has 0 fully saturated rings. The predicted octanol–water partition coefficient (Wildman–Crippen LogP) is 2.00. The summed E-state index contributed by atoms with van der Waals surface area (Å²) in [6.45, 7) is 0.737. The zero-order chi connectivity index (χ0) is 12.3. The number of H-pyrrole nitrogens is 1. The quantitative estimate of drug-likeness (QED) is 0.901. The monoisotopic (exact) mass is 249 g/mol. The second-order valence-corrected chi connectivity index (χ2v) is 4.82. The molecule has 0 aliphatic carbocycles. The fourth-order valence-electron chi connectivity index (χ4n) is 1.64. The van der Waals surface area contributed by atoms with Crippen molar-refractivity contribution in [2.24, 2.45) is 0 Å². The fourth-order valence-corrected chi connectivity index (χ4v) is 2.09. The lowest BCUT2D eigenvalue weighted by atomic mass is 10.2. The Morgan fingerprint density at radius 2 is 2.24 bits per heavy atom. The molecule has 1 aromatic carbocycles. The molecule has 1 heterocycles. The van der Waals surface area contributed by atoms with Crippen molar-refractivity contribution in [3.8, 4) is 0 Å². The summed E-state index contributed by atoms with van der Waals surface area (Å²) in [5, 5.41) is 7.86. The van der Waals surface area contributed by atoms with Crippen LogP contribution in [0.25, 0.3) is 10.9 Å². The van der Waals surface area contributed by atoms with E-state index in [1.54, 1.807) is 16.7 Å². The van der Waals surface area contributed by atoms with Gasteiger partial charge in [-0.05, 0) is 12.3 Å². The number of benzene rings is 1. The molecule has 1 amide bonds. The summed E-state index contributed by atoms with van der Waals surface area (Å²) < 4.78 is 0. The molecule has 0 atom stereocenters. The highest BCUT2D eigenvalue weighted by molar-refractivity contribution is 7.98. The van der Waals surface area contributed by atoms with Crippen LogP contribution in [0, 0.1) is 0 Å². The average Bonchev–Trinajstić information content (AvgIpc) is 2.78. The van der Waals surface area contributed by atoms with E-state index < -0.39 is 0 Å². The second-order valence-electron chi connectivity index (χ2n) is 3.84. The molecular weight excluding hydrogens is 234 g/mol. The molecule has 2 rings (SSSR count). The number of aromatic amines is 1. The maximum absolute atomic E-state index is 12.2.